The first kappa shape index (κ1) is 22.5. The van der Waals surface area contributed by atoms with Gasteiger partial charge >= 0.3 is 0 Å². The van der Waals surface area contributed by atoms with E-state index in [2.05, 4.69) is 10.3 Å². The van der Waals surface area contributed by atoms with Gasteiger partial charge in [-0.3, -0.25) is 9.78 Å². The van der Waals surface area contributed by atoms with Crippen molar-refractivity contribution in [2.45, 2.75) is 0 Å². The van der Waals surface area contributed by atoms with Crippen LogP contribution in [0.4, 0.5) is 5.69 Å². The summed E-state index contributed by atoms with van der Waals surface area (Å²) in [6, 6.07) is 23.7. The molecular weight excluding hydrogens is 464 g/mol. The molecule has 6 nitrogen and oxygen atoms in total. The van der Waals surface area contributed by atoms with E-state index < -0.39 is 0 Å². The molecule has 0 atom stereocenters. The first-order valence-electron chi connectivity index (χ1n) is 10.8. The Morgan fingerprint density at radius 1 is 0.829 bits per heavy atom. The molecule has 0 aliphatic heterocycles. The summed E-state index contributed by atoms with van der Waals surface area (Å²) in [5.41, 5.74) is 1.92. The fourth-order valence-electron chi connectivity index (χ4n) is 3.92. The second-order valence-electron chi connectivity index (χ2n) is 7.79. The number of methoxy groups -OCH3 is 2. The van der Waals surface area contributed by atoms with Gasteiger partial charge < -0.3 is 19.5 Å². The number of hydrogen-bond donors (Lipinski definition) is 1. The summed E-state index contributed by atoms with van der Waals surface area (Å²) in [6.07, 6.45) is 1.69. The molecule has 5 aromatic rings. The van der Waals surface area contributed by atoms with E-state index in [4.69, 9.17) is 25.8 Å². The average molecular weight is 485 g/mol. The molecule has 174 valence electrons. The lowest BCUT2D eigenvalue weighted by molar-refractivity contribution is 0.102. The van der Waals surface area contributed by atoms with Crippen LogP contribution in [0.5, 0.6) is 23.0 Å². The van der Waals surface area contributed by atoms with Crippen molar-refractivity contribution >= 4 is 44.9 Å². The summed E-state index contributed by atoms with van der Waals surface area (Å²) in [7, 11) is 3.18. The van der Waals surface area contributed by atoms with Gasteiger partial charge in [-0.1, -0.05) is 29.8 Å². The van der Waals surface area contributed by atoms with Crippen LogP contribution in [0.25, 0.3) is 21.7 Å². The summed E-state index contributed by atoms with van der Waals surface area (Å²) >= 11 is 6.03. The Kier molecular flexibility index (Phi) is 6.12. The highest BCUT2D eigenvalue weighted by Gasteiger charge is 2.13. The lowest BCUT2D eigenvalue weighted by atomic mass is 10.1. The van der Waals surface area contributed by atoms with Gasteiger partial charge in [0.15, 0.2) is 11.5 Å². The van der Waals surface area contributed by atoms with Gasteiger partial charge in [0.1, 0.15) is 11.5 Å². The molecule has 35 heavy (non-hydrogen) atoms. The number of aromatic nitrogens is 1. The first-order chi connectivity index (χ1) is 17.1. The highest BCUT2D eigenvalue weighted by molar-refractivity contribution is 6.31. The topological polar surface area (TPSA) is 69.7 Å². The molecule has 0 bridgehead atoms. The summed E-state index contributed by atoms with van der Waals surface area (Å²) in [5, 5.41) is 6.09. The van der Waals surface area contributed by atoms with Crippen molar-refractivity contribution in [2.24, 2.45) is 0 Å². The van der Waals surface area contributed by atoms with Crippen LogP contribution in [-0.4, -0.2) is 25.1 Å². The zero-order valence-electron chi connectivity index (χ0n) is 19.0. The van der Waals surface area contributed by atoms with Gasteiger partial charge in [-0.15, -0.1) is 0 Å². The van der Waals surface area contributed by atoms with Gasteiger partial charge in [0, 0.05) is 39.3 Å². The molecule has 1 N–H and O–H groups in total. The van der Waals surface area contributed by atoms with Crippen LogP contribution in [-0.2, 0) is 0 Å². The minimum absolute atomic E-state index is 0.229. The monoisotopic (exact) mass is 484 g/mol. The normalized spacial score (nSPS) is 10.8. The maximum absolute atomic E-state index is 12.7. The number of hydrogen-bond acceptors (Lipinski definition) is 5. The molecule has 0 spiro atoms. The molecule has 7 heteroatoms. The smallest absolute Gasteiger partial charge is 0.255 e. The molecule has 5 rings (SSSR count). The maximum atomic E-state index is 12.7. The predicted octanol–water partition coefficient (Wildman–Crippen LogP) is 7.10. The van der Waals surface area contributed by atoms with Crippen molar-refractivity contribution in [3.8, 4) is 23.0 Å². The number of amides is 1. The molecule has 0 radical (unpaired) electrons. The van der Waals surface area contributed by atoms with Gasteiger partial charge in [0.25, 0.3) is 5.91 Å². The molecule has 0 aliphatic carbocycles. The van der Waals surface area contributed by atoms with E-state index in [1.807, 2.05) is 48.5 Å². The Hall–Kier alpha value is -4.29. The molecular formula is C28H21ClN2O4. The van der Waals surface area contributed by atoms with Crippen LogP contribution in [0.2, 0.25) is 5.02 Å². The van der Waals surface area contributed by atoms with E-state index in [1.165, 1.54) is 0 Å². The summed E-state index contributed by atoms with van der Waals surface area (Å²) in [5.74, 6) is 2.26. The van der Waals surface area contributed by atoms with Crippen LogP contribution in [0.3, 0.4) is 0 Å². The number of nitrogens with zero attached hydrogens (tertiary/aromatic N) is 1. The van der Waals surface area contributed by atoms with Gasteiger partial charge in [-0.05, 0) is 60.0 Å². The Morgan fingerprint density at radius 2 is 1.63 bits per heavy atom. The number of carbonyl (C=O) groups is 1. The highest BCUT2D eigenvalue weighted by Crippen LogP contribution is 2.37. The number of benzene rings is 4. The molecule has 4 aromatic carbocycles. The minimum Gasteiger partial charge on any atom is -0.493 e. The van der Waals surface area contributed by atoms with Crippen molar-refractivity contribution in [3.63, 3.8) is 0 Å². The van der Waals surface area contributed by atoms with Crippen LogP contribution in [0, 0.1) is 0 Å². The first-order valence-corrected chi connectivity index (χ1v) is 11.2. The van der Waals surface area contributed by atoms with Gasteiger partial charge in [0.05, 0.1) is 19.7 Å². The molecule has 0 aliphatic rings. The fraction of sp³-hybridized carbons (Fsp3) is 0.0714. The Labute approximate surface area is 207 Å². The third kappa shape index (κ3) is 4.56. The van der Waals surface area contributed by atoms with E-state index in [9.17, 15) is 4.79 Å². The van der Waals surface area contributed by atoms with Crippen LogP contribution >= 0.6 is 11.6 Å². The van der Waals surface area contributed by atoms with Crippen molar-refractivity contribution in [3.05, 3.63) is 95.6 Å². The molecule has 1 heterocycles. The zero-order chi connectivity index (χ0) is 24.4. The van der Waals surface area contributed by atoms with Crippen molar-refractivity contribution in [2.75, 3.05) is 19.5 Å². The number of pyridine rings is 1. The standard InChI is InChI=1S/C28H21ClN2O4/c1-33-26-15-22-24(16-27(26)34-2)30-12-11-25(22)35-20-9-10-21-17(14-20)5-4-8-23(21)31-28(32)18-6-3-7-19(29)13-18/h3-16H,1-2H3,(H,31,32). The van der Waals surface area contributed by atoms with Crippen molar-refractivity contribution in [1.29, 1.82) is 0 Å². The minimum atomic E-state index is -0.229. The SMILES string of the molecule is COc1cc2nccc(Oc3ccc4c(NC(=O)c5cccc(Cl)c5)cccc4c3)c2cc1OC. The molecule has 1 aromatic heterocycles. The number of nitrogens with one attached hydrogen (secondary N) is 1. The van der Waals surface area contributed by atoms with E-state index in [-0.39, 0.29) is 5.91 Å². The van der Waals surface area contributed by atoms with Gasteiger partial charge in [0.2, 0.25) is 0 Å². The lowest BCUT2D eigenvalue weighted by Crippen LogP contribution is -2.12. The number of fused-ring (bicyclic) bond motifs is 2. The Bertz CT molecular complexity index is 1570. The Morgan fingerprint density at radius 3 is 2.43 bits per heavy atom. The maximum Gasteiger partial charge on any atom is 0.255 e. The highest BCUT2D eigenvalue weighted by atomic mass is 35.5. The Balaban J connectivity index is 1.46. The van der Waals surface area contributed by atoms with E-state index >= 15 is 0 Å². The third-order valence-corrected chi connectivity index (χ3v) is 5.86. The number of anilines is 1. The largest absolute Gasteiger partial charge is 0.493 e. The van der Waals surface area contributed by atoms with E-state index in [1.54, 1.807) is 50.7 Å². The molecule has 0 unspecified atom stereocenters. The van der Waals surface area contributed by atoms with Gasteiger partial charge in [-0.25, -0.2) is 0 Å². The van der Waals surface area contributed by atoms with Crippen molar-refractivity contribution in [1.82, 2.24) is 4.98 Å². The second-order valence-corrected chi connectivity index (χ2v) is 8.22. The number of halogens is 1. The average Bonchev–Trinajstić information content (AvgIpc) is 2.88. The van der Waals surface area contributed by atoms with Gasteiger partial charge in [-0.2, -0.15) is 0 Å². The fourth-order valence-corrected chi connectivity index (χ4v) is 4.11. The van der Waals surface area contributed by atoms with E-state index in [0.29, 0.717) is 39.3 Å². The van der Waals surface area contributed by atoms with Crippen molar-refractivity contribution < 1.29 is 19.0 Å². The number of rotatable bonds is 6. The second kappa shape index (κ2) is 9.52. The molecule has 0 saturated carbocycles. The summed E-state index contributed by atoms with van der Waals surface area (Å²) < 4.78 is 17.1. The lowest BCUT2D eigenvalue weighted by Gasteiger charge is -2.13. The summed E-state index contributed by atoms with van der Waals surface area (Å²) in [6.45, 7) is 0. The molecule has 0 fully saturated rings. The van der Waals surface area contributed by atoms with Crippen LogP contribution in [0.1, 0.15) is 10.4 Å². The molecule has 1 amide bonds. The quantitative estimate of drug-likeness (QED) is 0.278. The summed E-state index contributed by atoms with van der Waals surface area (Å²) in [4.78, 5) is 17.1. The van der Waals surface area contributed by atoms with Crippen LogP contribution in [0.15, 0.2) is 85.1 Å². The van der Waals surface area contributed by atoms with Crippen LogP contribution < -0.4 is 19.5 Å². The third-order valence-electron chi connectivity index (χ3n) is 5.62. The number of carbonyl (C=O) groups excluding carboxylic acids is 1. The zero-order valence-corrected chi connectivity index (χ0v) is 19.8. The van der Waals surface area contributed by atoms with E-state index in [0.717, 1.165) is 21.7 Å². The number of ether oxygens (including phenoxy) is 3. The predicted molar refractivity (Wildman–Crippen MR) is 138 cm³/mol. The molecule has 0 saturated heterocycles.